The van der Waals surface area contributed by atoms with E-state index in [0.29, 0.717) is 25.0 Å². The third-order valence-electron chi connectivity index (χ3n) is 7.22. The maximum Gasteiger partial charge on any atom is 0.296 e. The van der Waals surface area contributed by atoms with E-state index in [0.717, 1.165) is 61.5 Å². The normalized spacial score (nSPS) is 14.7. The van der Waals surface area contributed by atoms with Crippen molar-refractivity contribution in [3.8, 4) is 0 Å². The summed E-state index contributed by atoms with van der Waals surface area (Å²) in [5, 5.41) is 0. The van der Waals surface area contributed by atoms with Gasteiger partial charge in [-0.25, -0.2) is 15.0 Å². The van der Waals surface area contributed by atoms with Gasteiger partial charge in [0.25, 0.3) is 5.91 Å². The molecule has 0 bridgehead atoms. The van der Waals surface area contributed by atoms with E-state index in [2.05, 4.69) is 37.6 Å². The molecule has 0 N–H and O–H groups in total. The van der Waals surface area contributed by atoms with Crippen molar-refractivity contribution >= 4 is 22.9 Å². The van der Waals surface area contributed by atoms with Gasteiger partial charge in [0.05, 0.1) is 30.1 Å². The second-order valence-electron chi connectivity index (χ2n) is 9.65. The van der Waals surface area contributed by atoms with Crippen molar-refractivity contribution in [1.29, 1.82) is 0 Å². The standard InChI is InChI=1S/C29H30N6O3/c36-28(26-9-4-19-38-26)34(29-30-12-5-13-31-29)17-16-33-14-10-22(11-15-33)20-27-32-24-7-1-2-8-25(24)35(27)21-23-6-3-18-37-23/h1-9,12-13,18-19,22H,10-11,14-17,20-21H2. The highest BCUT2D eigenvalue weighted by Crippen LogP contribution is 2.25. The number of aromatic nitrogens is 4. The SMILES string of the molecule is O=C(c1ccco1)N(CCN1CCC(Cc2nc3ccccc3n2Cc2ccco2)CC1)c1ncccn1. The molecule has 1 amide bonds. The molecular formula is C29H30N6O3. The van der Waals surface area contributed by atoms with Crippen molar-refractivity contribution in [1.82, 2.24) is 24.4 Å². The highest BCUT2D eigenvalue weighted by atomic mass is 16.3. The Bertz CT molecular complexity index is 1460. The molecule has 0 aliphatic carbocycles. The van der Waals surface area contributed by atoms with Crippen molar-refractivity contribution < 1.29 is 13.6 Å². The first-order valence-corrected chi connectivity index (χ1v) is 13.1. The average molecular weight is 511 g/mol. The highest BCUT2D eigenvalue weighted by molar-refractivity contribution is 6.03. The molecule has 0 unspecified atom stereocenters. The smallest absolute Gasteiger partial charge is 0.296 e. The summed E-state index contributed by atoms with van der Waals surface area (Å²) in [5.41, 5.74) is 2.16. The predicted molar refractivity (Wildman–Crippen MR) is 143 cm³/mol. The van der Waals surface area contributed by atoms with Crippen molar-refractivity contribution in [2.45, 2.75) is 25.8 Å². The zero-order valence-corrected chi connectivity index (χ0v) is 21.1. The summed E-state index contributed by atoms with van der Waals surface area (Å²) >= 11 is 0. The summed E-state index contributed by atoms with van der Waals surface area (Å²) in [4.78, 5) is 30.7. The number of imidazole rings is 1. The minimum Gasteiger partial charge on any atom is -0.467 e. The number of piperidine rings is 1. The lowest BCUT2D eigenvalue weighted by molar-refractivity contribution is 0.0952. The second kappa shape index (κ2) is 11.0. The molecule has 0 radical (unpaired) electrons. The van der Waals surface area contributed by atoms with Crippen LogP contribution in [-0.4, -0.2) is 56.5 Å². The van der Waals surface area contributed by atoms with Crippen LogP contribution in [0.3, 0.4) is 0 Å². The third kappa shape index (κ3) is 5.24. The molecule has 9 nitrogen and oxygen atoms in total. The van der Waals surface area contributed by atoms with Crippen LogP contribution >= 0.6 is 0 Å². The number of anilines is 1. The highest BCUT2D eigenvalue weighted by Gasteiger charge is 2.26. The molecular weight excluding hydrogens is 480 g/mol. The first-order valence-electron chi connectivity index (χ1n) is 13.1. The Morgan fingerprint density at radius 2 is 1.74 bits per heavy atom. The van der Waals surface area contributed by atoms with Crippen LogP contribution in [0.25, 0.3) is 11.0 Å². The largest absolute Gasteiger partial charge is 0.467 e. The Hall–Kier alpha value is -4.24. The van der Waals surface area contributed by atoms with E-state index in [1.54, 1.807) is 41.8 Å². The molecule has 1 aliphatic rings. The van der Waals surface area contributed by atoms with Gasteiger partial charge in [0.1, 0.15) is 11.6 Å². The zero-order valence-electron chi connectivity index (χ0n) is 21.1. The molecule has 5 heterocycles. The monoisotopic (exact) mass is 510 g/mol. The number of furan rings is 2. The molecule has 38 heavy (non-hydrogen) atoms. The van der Waals surface area contributed by atoms with Gasteiger partial charge in [-0.3, -0.25) is 9.69 Å². The molecule has 0 spiro atoms. The molecule has 1 fully saturated rings. The lowest BCUT2D eigenvalue weighted by atomic mass is 9.93. The fourth-order valence-corrected chi connectivity index (χ4v) is 5.19. The lowest BCUT2D eigenvalue weighted by Gasteiger charge is -2.33. The molecule has 5 aromatic rings. The first kappa shape index (κ1) is 24.1. The van der Waals surface area contributed by atoms with Gasteiger partial charge in [-0.05, 0) is 74.3 Å². The number of carbonyl (C=O) groups is 1. The summed E-state index contributed by atoms with van der Waals surface area (Å²) in [5.74, 6) is 3.04. The van der Waals surface area contributed by atoms with Gasteiger partial charge >= 0.3 is 0 Å². The van der Waals surface area contributed by atoms with E-state index in [-0.39, 0.29) is 11.7 Å². The van der Waals surface area contributed by atoms with Crippen molar-refractivity contribution in [2.75, 3.05) is 31.1 Å². The van der Waals surface area contributed by atoms with E-state index < -0.39 is 0 Å². The molecule has 9 heteroatoms. The van der Waals surface area contributed by atoms with E-state index in [1.807, 2.05) is 18.2 Å². The van der Waals surface area contributed by atoms with E-state index in [9.17, 15) is 4.79 Å². The van der Waals surface area contributed by atoms with Crippen molar-refractivity contribution in [3.63, 3.8) is 0 Å². The number of likely N-dealkylation sites (tertiary alicyclic amines) is 1. The fourth-order valence-electron chi connectivity index (χ4n) is 5.19. The van der Waals surface area contributed by atoms with Crippen LogP contribution in [0.1, 0.15) is 35.0 Å². The van der Waals surface area contributed by atoms with Crippen LogP contribution in [0.2, 0.25) is 0 Å². The minimum absolute atomic E-state index is 0.230. The zero-order chi connectivity index (χ0) is 25.7. The average Bonchev–Trinajstić information content (AvgIpc) is 3.73. The Labute approximate surface area is 220 Å². The Morgan fingerprint density at radius 3 is 2.50 bits per heavy atom. The molecule has 1 aromatic carbocycles. The van der Waals surface area contributed by atoms with Crippen molar-refractivity contribution in [2.24, 2.45) is 5.92 Å². The molecule has 1 saturated heterocycles. The van der Waals surface area contributed by atoms with Crippen LogP contribution in [0, 0.1) is 5.92 Å². The van der Waals surface area contributed by atoms with Gasteiger partial charge < -0.3 is 18.3 Å². The molecule has 6 rings (SSSR count). The van der Waals surface area contributed by atoms with Crippen LogP contribution in [0.4, 0.5) is 5.95 Å². The molecule has 1 aliphatic heterocycles. The topological polar surface area (TPSA) is 93.4 Å². The maximum atomic E-state index is 13.1. The number of carbonyl (C=O) groups excluding carboxylic acids is 1. The Balaban J connectivity index is 1.09. The third-order valence-corrected chi connectivity index (χ3v) is 7.22. The summed E-state index contributed by atoms with van der Waals surface area (Å²) in [6.07, 6.45) is 9.62. The maximum absolute atomic E-state index is 13.1. The summed E-state index contributed by atoms with van der Waals surface area (Å²) < 4.78 is 13.3. The summed E-state index contributed by atoms with van der Waals surface area (Å²) in [7, 11) is 0. The number of fused-ring (bicyclic) bond motifs is 1. The van der Waals surface area contributed by atoms with Crippen LogP contribution in [0.5, 0.6) is 0 Å². The minimum atomic E-state index is -0.230. The van der Waals surface area contributed by atoms with Crippen LogP contribution in [-0.2, 0) is 13.0 Å². The second-order valence-corrected chi connectivity index (χ2v) is 9.65. The van der Waals surface area contributed by atoms with Gasteiger partial charge in [0, 0.05) is 31.9 Å². The molecule has 4 aromatic heterocycles. The van der Waals surface area contributed by atoms with Gasteiger partial charge in [-0.15, -0.1) is 0 Å². The summed E-state index contributed by atoms with van der Waals surface area (Å²) in [6, 6.07) is 17.4. The number of rotatable bonds is 9. The van der Waals surface area contributed by atoms with Crippen LogP contribution < -0.4 is 4.90 Å². The summed E-state index contributed by atoms with van der Waals surface area (Å²) in [6.45, 7) is 3.87. The molecule has 194 valence electrons. The van der Waals surface area contributed by atoms with Crippen LogP contribution in [0.15, 0.2) is 88.4 Å². The number of amides is 1. The number of para-hydroxylation sites is 2. The number of hydrogen-bond acceptors (Lipinski definition) is 7. The van der Waals surface area contributed by atoms with E-state index in [1.165, 1.54) is 6.26 Å². The van der Waals surface area contributed by atoms with Gasteiger partial charge in [-0.2, -0.15) is 0 Å². The number of nitrogens with zero attached hydrogens (tertiary/aromatic N) is 6. The van der Waals surface area contributed by atoms with E-state index in [4.69, 9.17) is 13.8 Å². The first-order chi connectivity index (χ1) is 18.7. The number of hydrogen-bond donors (Lipinski definition) is 0. The predicted octanol–water partition coefficient (Wildman–Crippen LogP) is 4.66. The van der Waals surface area contributed by atoms with Gasteiger partial charge in [-0.1, -0.05) is 12.1 Å². The Kier molecular flexibility index (Phi) is 6.99. The van der Waals surface area contributed by atoms with Gasteiger partial charge in [0.2, 0.25) is 5.95 Å². The fraction of sp³-hybridized carbons (Fsp3) is 0.310. The molecule has 0 atom stereocenters. The number of benzene rings is 1. The van der Waals surface area contributed by atoms with E-state index >= 15 is 0 Å². The molecule has 0 saturated carbocycles. The van der Waals surface area contributed by atoms with Gasteiger partial charge in [0.15, 0.2) is 5.76 Å². The lowest BCUT2D eigenvalue weighted by Crippen LogP contribution is -2.42. The Morgan fingerprint density at radius 1 is 0.947 bits per heavy atom. The quantitative estimate of drug-likeness (QED) is 0.285. The van der Waals surface area contributed by atoms with Crippen molar-refractivity contribution in [3.05, 3.63) is 96.9 Å².